The molecular weight excluding hydrogens is 505 g/mol. The zero-order chi connectivity index (χ0) is 26.5. The number of hydrogen-bond acceptors (Lipinski definition) is 5. The number of hydrogen-bond donors (Lipinski definition) is 2. The number of nitrogens with zero attached hydrogens (tertiary/aromatic N) is 1. The van der Waals surface area contributed by atoms with Crippen molar-refractivity contribution in [3.63, 3.8) is 0 Å². The number of carbonyl (C=O) groups excluding carboxylic acids is 1. The molecular formula is C25H28FN3O5S2. The molecule has 0 heterocycles. The van der Waals surface area contributed by atoms with Crippen molar-refractivity contribution < 1.29 is 26.0 Å². The van der Waals surface area contributed by atoms with Crippen LogP contribution in [0.5, 0.6) is 0 Å². The Morgan fingerprint density at radius 2 is 1.47 bits per heavy atom. The molecule has 8 nitrogen and oxygen atoms in total. The predicted molar refractivity (Wildman–Crippen MR) is 140 cm³/mol. The number of aryl methyl sites for hydroxylation is 2. The number of sulfonamides is 2. The van der Waals surface area contributed by atoms with Crippen LogP contribution in [0.15, 0.2) is 71.6 Å². The van der Waals surface area contributed by atoms with E-state index in [2.05, 4.69) is 10.0 Å². The van der Waals surface area contributed by atoms with Crippen LogP contribution in [0, 0.1) is 19.7 Å². The third-order valence-electron chi connectivity index (χ3n) is 5.45. The number of amides is 1. The minimum absolute atomic E-state index is 0.0291. The highest BCUT2D eigenvalue weighted by atomic mass is 32.2. The van der Waals surface area contributed by atoms with Crippen molar-refractivity contribution in [3.05, 3.63) is 83.7 Å². The fraction of sp³-hybridized carbons (Fsp3) is 0.240. The van der Waals surface area contributed by atoms with Crippen LogP contribution < -0.4 is 14.3 Å². The Hall–Kier alpha value is -3.44. The maximum atomic E-state index is 13.2. The second-order valence-electron chi connectivity index (χ2n) is 8.36. The minimum atomic E-state index is -3.82. The van der Waals surface area contributed by atoms with Crippen molar-refractivity contribution in [3.8, 4) is 0 Å². The second-order valence-corrected chi connectivity index (χ2v) is 11.9. The molecule has 3 aromatic carbocycles. The summed E-state index contributed by atoms with van der Waals surface area (Å²) in [5, 5.41) is 2.68. The molecule has 0 fully saturated rings. The van der Waals surface area contributed by atoms with Crippen LogP contribution in [-0.2, 0) is 24.8 Å². The van der Waals surface area contributed by atoms with Gasteiger partial charge in [-0.05, 0) is 79.9 Å². The van der Waals surface area contributed by atoms with Gasteiger partial charge in [0, 0.05) is 18.7 Å². The van der Waals surface area contributed by atoms with E-state index in [-0.39, 0.29) is 30.2 Å². The zero-order valence-electron chi connectivity index (χ0n) is 20.2. The first-order valence-electron chi connectivity index (χ1n) is 11.1. The van der Waals surface area contributed by atoms with Crippen LogP contribution in [-0.4, -0.2) is 35.5 Å². The number of rotatable bonds is 10. The first kappa shape index (κ1) is 27.2. The lowest BCUT2D eigenvalue weighted by Crippen LogP contribution is -2.31. The summed E-state index contributed by atoms with van der Waals surface area (Å²) in [5.74, 6) is -0.835. The number of carbonyl (C=O) groups is 1. The van der Waals surface area contributed by atoms with Crippen LogP contribution in [0.1, 0.15) is 24.0 Å². The Labute approximate surface area is 211 Å². The summed E-state index contributed by atoms with van der Waals surface area (Å²) >= 11 is 0. The van der Waals surface area contributed by atoms with Gasteiger partial charge in [-0.25, -0.2) is 21.2 Å². The Morgan fingerprint density at radius 1 is 0.889 bits per heavy atom. The van der Waals surface area contributed by atoms with Gasteiger partial charge in [0.2, 0.25) is 15.9 Å². The van der Waals surface area contributed by atoms with Crippen molar-refractivity contribution in [2.75, 3.05) is 27.1 Å². The predicted octanol–water partition coefficient (Wildman–Crippen LogP) is 4.43. The van der Waals surface area contributed by atoms with Crippen LogP contribution in [0.3, 0.4) is 0 Å². The van der Waals surface area contributed by atoms with E-state index < -0.39 is 25.9 Å². The number of benzene rings is 3. The van der Waals surface area contributed by atoms with Crippen LogP contribution >= 0.6 is 0 Å². The summed E-state index contributed by atoms with van der Waals surface area (Å²) in [6.07, 6.45) is 1.30. The van der Waals surface area contributed by atoms with E-state index in [9.17, 15) is 26.0 Å². The number of anilines is 3. The summed E-state index contributed by atoms with van der Waals surface area (Å²) in [6.45, 7) is 3.68. The highest BCUT2D eigenvalue weighted by molar-refractivity contribution is 7.92. The third-order valence-corrected chi connectivity index (χ3v) is 8.01. The normalized spacial score (nSPS) is 11.7. The van der Waals surface area contributed by atoms with Crippen LogP contribution in [0.2, 0.25) is 0 Å². The van der Waals surface area contributed by atoms with Gasteiger partial charge in [0.15, 0.2) is 0 Å². The first-order valence-corrected chi connectivity index (χ1v) is 14.4. The SMILES string of the molecule is Cc1cccc(C)c1NS(=O)(=O)c1ccc(NC(=O)CCCN(c2ccc(F)cc2)S(C)(=O)=O)cc1. The van der Waals surface area contributed by atoms with Gasteiger partial charge in [-0.3, -0.25) is 13.8 Å². The molecule has 2 N–H and O–H groups in total. The summed E-state index contributed by atoms with van der Waals surface area (Å²) < 4.78 is 66.7. The maximum absolute atomic E-state index is 13.2. The van der Waals surface area contributed by atoms with E-state index in [1.54, 1.807) is 0 Å². The van der Waals surface area contributed by atoms with E-state index in [1.807, 2.05) is 32.0 Å². The molecule has 0 aliphatic carbocycles. The Morgan fingerprint density at radius 3 is 2.03 bits per heavy atom. The van der Waals surface area contributed by atoms with Gasteiger partial charge < -0.3 is 5.32 Å². The molecule has 0 atom stereocenters. The lowest BCUT2D eigenvalue weighted by molar-refractivity contribution is -0.116. The van der Waals surface area contributed by atoms with Crippen molar-refractivity contribution in [1.29, 1.82) is 0 Å². The molecule has 3 aromatic rings. The van der Waals surface area contributed by atoms with Gasteiger partial charge in [-0.1, -0.05) is 18.2 Å². The first-order chi connectivity index (χ1) is 16.9. The largest absolute Gasteiger partial charge is 0.326 e. The smallest absolute Gasteiger partial charge is 0.261 e. The molecule has 0 unspecified atom stereocenters. The Bertz CT molecular complexity index is 1420. The lowest BCUT2D eigenvalue weighted by atomic mass is 10.1. The quantitative estimate of drug-likeness (QED) is 0.400. The van der Waals surface area contributed by atoms with Crippen molar-refractivity contribution in [2.45, 2.75) is 31.6 Å². The average Bonchev–Trinajstić information content (AvgIpc) is 2.80. The molecule has 36 heavy (non-hydrogen) atoms. The van der Waals surface area contributed by atoms with Crippen molar-refractivity contribution in [2.24, 2.45) is 0 Å². The molecule has 0 saturated heterocycles. The van der Waals surface area contributed by atoms with Gasteiger partial charge in [0.05, 0.1) is 22.5 Å². The minimum Gasteiger partial charge on any atom is -0.326 e. The molecule has 11 heteroatoms. The van der Waals surface area contributed by atoms with Gasteiger partial charge >= 0.3 is 0 Å². The number of para-hydroxylation sites is 1. The topological polar surface area (TPSA) is 113 Å². The van der Waals surface area contributed by atoms with E-state index >= 15 is 0 Å². The molecule has 0 bridgehead atoms. The van der Waals surface area contributed by atoms with Gasteiger partial charge in [-0.2, -0.15) is 0 Å². The molecule has 1 amide bonds. The summed E-state index contributed by atoms with van der Waals surface area (Å²) in [7, 11) is -7.44. The Kier molecular flexibility index (Phi) is 8.36. The van der Waals surface area contributed by atoms with Crippen molar-refractivity contribution >= 4 is 43.0 Å². The third kappa shape index (κ3) is 7.05. The van der Waals surface area contributed by atoms with Gasteiger partial charge in [-0.15, -0.1) is 0 Å². The summed E-state index contributed by atoms with van der Waals surface area (Å²) in [4.78, 5) is 12.4. The highest BCUT2D eigenvalue weighted by Gasteiger charge is 2.19. The second kappa shape index (κ2) is 11.1. The molecule has 0 radical (unpaired) electrons. The molecule has 0 aliphatic heterocycles. The van der Waals surface area contributed by atoms with E-state index in [0.29, 0.717) is 17.1 Å². The average molecular weight is 534 g/mol. The monoisotopic (exact) mass is 533 g/mol. The molecule has 0 aromatic heterocycles. The zero-order valence-corrected chi connectivity index (χ0v) is 21.8. The van der Waals surface area contributed by atoms with Crippen LogP contribution in [0.4, 0.5) is 21.5 Å². The fourth-order valence-electron chi connectivity index (χ4n) is 3.59. The molecule has 0 aliphatic rings. The molecule has 3 rings (SSSR count). The summed E-state index contributed by atoms with van der Waals surface area (Å²) in [6, 6.07) is 16.3. The van der Waals surface area contributed by atoms with E-state index in [1.165, 1.54) is 48.5 Å². The molecule has 192 valence electrons. The van der Waals surface area contributed by atoms with Gasteiger partial charge in [0.1, 0.15) is 5.82 Å². The maximum Gasteiger partial charge on any atom is 0.261 e. The summed E-state index contributed by atoms with van der Waals surface area (Å²) in [5.41, 5.74) is 2.85. The van der Waals surface area contributed by atoms with Crippen molar-refractivity contribution in [1.82, 2.24) is 0 Å². The Balaban J connectivity index is 1.59. The molecule has 0 spiro atoms. The standard InChI is InChI=1S/C25H28FN3O5S2/c1-18-6-4-7-19(2)25(18)28-36(33,34)23-15-11-21(12-16-23)27-24(30)8-5-17-29(35(3,31)32)22-13-9-20(26)10-14-22/h4,6-7,9-16,28H,5,8,17H2,1-3H3,(H,27,30). The molecule has 0 saturated carbocycles. The number of halogens is 1. The highest BCUT2D eigenvalue weighted by Crippen LogP contribution is 2.24. The van der Waals surface area contributed by atoms with Gasteiger partial charge in [0.25, 0.3) is 10.0 Å². The lowest BCUT2D eigenvalue weighted by Gasteiger charge is -2.22. The van der Waals surface area contributed by atoms with Crippen LogP contribution in [0.25, 0.3) is 0 Å². The van der Waals surface area contributed by atoms with E-state index in [4.69, 9.17) is 0 Å². The fourth-order valence-corrected chi connectivity index (χ4v) is 5.75. The van der Waals surface area contributed by atoms with E-state index in [0.717, 1.165) is 21.7 Å². The number of nitrogens with one attached hydrogen (secondary N) is 2.